The van der Waals surface area contributed by atoms with E-state index in [2.05, 4.69) is 36.2 Å². The van der Waals surface area contributed by atoms with Gasteiger partial charge in [-0.3, -0.25) is 4.79 Å². The Kier molecular flexibility index (Phi) is 6.17. The van der Waals surface area contributed by atoms with Gasteiger partial charge in [-0.15, -0.1) is 0 Å². The highest BCUT2D eigenvalue weighted by Gasteiger charge is 2.50. The van der Waals surface area contributed by atoms with E-state index in [1.807, 2.05) is 0 Å². The lowest BCUT2D eigenvalue weighted by molar-refractivity contribution is -0.159. The van der Waals surface area contributed by atoms with E-state index in [4.69, 9.17) is 10.3 Å². The predicted octanol–water partition coefficient (Wildman–Crippen LogP) is 2.64. The zero-order valence-electron chi connectivity index (χ0n) is 21.1. The summed E-state index contributed by atoms with van der Waals surface area (Å²) in [7, 11) is -4.24. The second-order valence-corrected chi connectivity index (χ2v) is 11.9. The van der Waals surface area contributed by atoms with Crippen LogP contribution < -0.4 is 11.1 Å². The van der Waals surface area contributed by atoms with Crippen molar-refractivity contribution < 1.29 is 39.8 Å². The van der Waals surface area contributed by atoms with Crippen LogP contribution in [-0.2, 0) is 32.6 Å². The van der Waals surface area contributed by atoms with Gasteiger partial charge in [-0.05, 0) is 36.5 Å². The Labute approximate surface area is 233 Å². The summed E-state index contributed by atoms with van der Waals surface area (Å²) in [5.41, 5.74) is 4.87. The number of aromatic nitrogens is 4. The molecule has 1 saturated carbocycles. The Hall–Kier alpha value is -4.69. The lowest BCUT2D eigenvalue weighted by Gasteiger charge is -2.24. The lowest BCUT2D eigenvalue weighted by atomic mass is 9.91. The maximum Gasteiger partial charge on any atom is 0.471 e. The number of sulfone groups is 1. The summed E-state index contributed by atoms with van der Waals surface area (Å²) in [4.78, 5) is 20.7. The van der Waals surface area contributed by atoms with Crippen LogP contribution in [0, 0.1) is 11.3 Å². The molecule has 3 N–H and O–H groups in total. The Morgan fingerprint density at radius 1 is 1.12 bits per heavy atom. The number of nitrogens with one attached hydrogen (secondary N) is 1. The van der Waals surface area contributed by atoms with Crippen molar-refractivity contribution in [3.8, 4) is 17.5 Å². The van der Waals surface area contributed by atoms with Crippen LogP contribution in [0.1, 0.15) is 36.0 Å². The zero-order chi connectivity index (χ0) is 30.0. The highest BCUT2D eigenvalue weighted by molar-refractivity contribution is 7.95. The first-order valence-electron chi connectivity index (χ1n) is 12.2. The molecular weight excluding hydrogens is 586 g/mol. The minimum Gasteiger partial charge on any atom is -0.337 e. The molecule has 0 radical (unpaired) electrons. The van der Waals surface area contributed by atoms with E-state index in [1.165, 1.54) is 30.3 Å². The number of Topliss-reactive ketones (excluding diaryl/α,β-unsaturated/α-hetero) is 1. The molecule has 1 aliphatic carbocycles. The van der Waals surface area contributed by atoms with Gasteiger partial charge in [0.05, 0.1) is 29.0 Å². The van der Waals surface area contributed by atoms with Crippen LogP contribution in [0.2, 0.25) is 0 Å². The lowest BCUT2D eigenvalue weighted by Crippen LogP contribution is -2.45. The van der Waals surface area contributed by atoms with Crippen LogP contribution in [-0.4, -0.2) is 46.3 Å². The fourth-order valence-electron chi connectivity index (χ4n) is 4.54. The molecule has 2 aromatic heterocycles. The summed E-state index contributed by atoms with van der Waals surface area (Å²) in [5, 5.41) is 18.1. The number of nitrogens with zero attached hydrogens (tertiary/aromatic N) is 5. The topological polar surface area (TPSA) is 191 Å². The normalized spacial score (nSPS) is 21.3. The van der Waals surface area contributed by atoms with Gasteiger partial charge in [-0.2, -0.15) is 32.8 Å². The van der Waals surface area contributed by atoms with Crippen molar-refractivity contribution in [3.63, 3.8) is 0 Å². The maximum atomic E-state index is 15.6. The van der Waals surface area contributed by atoms with Gasteiger partial charge in [0, 0.05) is 5.56 Å². The third-order valence-electron chi connectivity index (χ3n) is 6.94. The average molecular weight is 604 g/mol. The summed E-state index contributed by atoms with van der Waals surface area (Å²) < 4.78 is 89.6. The van der Waals surface area contributed by atoms with Crippen molar-refractivity contribution in [2.24, 2.45) is 5.73 Å². The molecule has 1 aromatic carbocycles. The van der Waals surface area contributed by atoms with E-state index in [9.17, 15) is 31.6 Å². The van der Waals surface area contributed by atoms with Gasteiger partial charge in [0.15, 0.2) is 15.6 Å². The first-order valence-corrected chi connectivity index (χ1v) is 13.9. The van der Waals surface area contributed by atoms with Crippen LogP contribution in [0.4, 0.5) is 17.6 Å². The molecular formula is C25H17F4N7O5S. The number of nitrogens with two attached hydrogens (primary N) is 1. The van der Waals surface area contributed by atoms with Gasteiger partial charge in [0.25, 0.3) is 0 Å². The number of rotatable bonds is 5. The number of carbonyl (C=O) groups is 1. The molecule has 1 atom stereocenters. The molecule has 0 saturated heterocycles. The average Bonchev–Trinajstić information content (AvgIpc) is 3.34. The van der Waals surface area contributed by atoms with Gasteiger partial charge in [0.1, 0.15) is 10.4 Å². The molecule has 42 heavy (non-hydrogen) atoms. The van der Waals surface area contributed by atoms with E-state index in [0.29, 0.717) is 18.4 Å². The molecule has 2 aliphatic heterocycles. The minimum atomic E-state index is -4.82. The number of ketones is 1. The number of nitriles is 1. The quantitative estimate of drug-likeness (QED) is 0.321. The molecule has 3 aromatic rings. The number of halogens is 4. The third-order valence-corrected chi connectivity index (χ3v) is 8.66. The summed E-state index contributed by atoms with van der Waals surface area (Å²) in [6.45, 7) is 0. The third kappa shape index (κ3) is 4.67. The van der Waals surface area contributed by atoms with E-state index in [-0.39, 0.29) is 46.2 Å². The fraction of sp³-hybridized carbons (Fsp3) is 0.280. The fourth-order valence-corrected chi connectivity index (χ4v) is 6.12. The molecule has 0 spiro atoms. The van der Waals surface area contributed by atoms with Crippen molar-refractivity contribution in [1.82, 2.24) is 25.6 Å². The first-order chi connectivity index (χ1) is 19.8. The van der Waals surface area contributed by atoms with Crippen LogP contribution in [0.25, 0.3) is 17.0 Å². The molecule has 216 valence electrons. The Morgan fingerprint density at radius 2 is 1.81 bits per heavy atom. The van der Waals surface area contributed by atoms with Gasteiger partial charge in [0.2, 0.25) is 23.5 Å². The van der Waals surface area contributed by atoms with Gasteiger partial charge < -0.3 is 20.1 Å². The Balaban J connectivity index is 1.40. The molecule has 0 bridgehead atoms. The maximum absolute atomic E-state index is 15.6. The summed E-state index contributed by atoms with van der Waals surface area (Å²) >= 11 is 0. The minimum absolute atomic E-state index is 0.0197. The summed E-state index contributed by atoms with van der Waals surface area (Å²) in [6.07, 6.45) is -2.82. The van der Waals surface area contributed by atoms with E-state index in [1.54, 1.807) is 0 Å². The standard InChI is InChI=1S/C25H17F4N7O5S/c26-18-14(20-34-22(40-36-20)24(10-30)5-6-24)8-13(16-17(37)15(31)9-42(38,39)21(16)32-18)7-11-1-3-12(4-2-11)19-33-23(41-35-19)25(27,28)29/h1-4,8,15,32H,5-7,9,31H2/t15-/m0/s1. The number of benzene rings is 1. The van der Waals surface area contributed by atoms with E-state index < -0.39 is 55.9 Å². The Morgan fingerprint density at radius 3 is 2.43 bits per heavy atom. The largest absolute Gasteiger partial charge is 0.471 e. The van der Waals surface area contributed by atoms with Crippen molar-refractivity contribution in [1.29, 1.82) is 5.26 Å². The number of hydrogen-bond acceptors (Lipinski definition) is 12. The van der Waals surface area contributed by atoms with Crippen molar-refractivity contribution in [2.75, 3.05) is 5.75 Å². The predicted molar refractivity (Wildman–Crippen MR) is 132 cm³/mol. The highest BCUT2D eigenvalue weighted by atomic mass is 32.2. The van der Waals surface area contributed by atoms with Crippen molar-refractivity contribution in [2.45, 2.75) is 36.9 Å². The molecule has 6 rings (SSSR count). The van der Waals surface area contributed by atoms with Gasteiger partial charge >= 0.3 is 12.1 Å². The zero-order valence-corrected chi connectivity index (χ0v) is 21.9. The molecule has 3 aliphatic rings. The smallest absolute Gasteiger partial charge is 0.337 e. The molecule has 0 unspecified atom stereocenters. The Bertz CT molecular complexity index is 1880. The molecule has 0 amide bonds. The number of alkyl halides is 3. The number of carbonyl (C=O) groups excluding carboxylic acids is 1. The van der Waals surface area contributed by atoms with Crippen LogP contribution >= 0.6 is 0 Å². The summed E-state index contributed by atoms with van der Waals surface area (Å²) in [5.74, 6) is -4.80. The van der Waals surface area contributed by atoms with E-state index in [0.717, 1.165) is 0 Å². The van der Waals surface area contributed by atoms with Gasteiger partial charge in [-0.1, -0.05) is 34.6 Å². The second-order valence-electron chi connectivity index (χ2n) is 9.89. The van der Waals surface area contributed by atoms with Crippen molar-refractivity contribution >= 4 is 21.2 Å². The second kappa shape index (κ2) is 9.42. The molecule has 4 heterocycles. The van der Waals surface area contributed by atoms with Crippen LogP contribution in [0.15, 0.2) is 61.5 Å². The molecule has 17 heteroatoms. The van der Waals surface area contributed by atoms with Gasteiger partial charge in [-0.25, -0.2) is 8.42 Å². The molecule has 12 nitrogen and oxygen atoms in total. The van der Waals surface area contributed by atoms with Crippen LogP contribution in [0.5, 0.6) is 0 Å². The van der Waals surface area contributed by atoms with E-state index >= 15 is 4.39 Å². The number of allylic oxidation sites excluding steroid dienone is 3. The summed E-state index contributed by atoms with van der Waals surface area (Å²) in [6, 6.07) is 6.44. The molecule has 1 fully saturated rings. The van der Waals surface area contributed by atoms with Crippen LogP contribution in [0.3, 0.4) is 0 Å². The SMILES string of the molecule is N#CC1(c2nc(C3=C(F)NC4=C(C(=O)[C@@H](N)CS4(=O)=O)C(Cc4ccc(-c5noc(C(F)(F)F)n5)cc4)=C3)no2)CC1. The first kappa shape index (κ1) is 27.5. The highest BCUT2D eigenvalue weighted by Crippen LogP contribution is 2.47. The number of hydrogen-bond donors (Lipinski definition) is 2. The van der Waals surface area contributed by atoms with Crippen molar-refractivity contribution in [3.05, 3.63) is 75.6 Å². The monoisotopic (exact) mass is 603 g/mol.